The van der Waals surface area contributed by atoms with E-state index in [0.29, 0.717) is 12.1 Å². The van der Waals surface area contributed by atoms with Crippen molar-refractivity contribution in [2.45, 2.75) is 39.8 Å². The van der Waals surface area contributed by atoms with Gasteiger partial charge < -0.3 is 10.1 Å². The molecule has 0 spiro atoms. The monoisotopic (exact) mass is 289 g/mol. The minimum Gasteiger partial charge on any atom is -0.497 e. The largest absolute Gasteiger partial charge is 0.497 e. The smallest absolute Gasteiger partial charge is 0.118 e. The van der Waals surface area contributed by atoms with Gasteiger partial charge in [-0.2, -0.15) is 0 Å². The number of aryl methyl sites for hydroxylation is 2. The third kappa shape index (κ3) is 3.41. The van der Waals surface area contributed by atoms with E-state index in [0.717, 1.165) is 5.75 Å². The lowest BCUT2D eigenvalue weighted by atomic mass is 10.0. The van der Waals surface area contributed by atoms with E-state index < -0.39 is 0 Å². The summed E-state index contributed by atoms with van der Waals surface area (Å²) in [5, 5.41) is 3.67. The highest BCUT2D eigenvalue weighted by molar-refractivity contribution is 7.12. The standard InChI is InChI=1S/C17H23NOS/c1-11-10-17(14(4)20-11)13(3)18-12(2)15-6-8-16(19-5)9-7-15/h6-10,12-13,18H,1-5H3/t12-,13?/m0/s1. The molecule has 1 aromatic heterocycles. The molecule has 0 aliphatic carbocycles. The van der Waals surface area contributed by atoms with Gasteiger partial charge in [0.1, 0.15) is 5.75 Å². The SMILES string of the molecule is COc1ccc([C@H](C)NC(C)c2cc(C)sc2C)cc1. The van der Waals surface area contributed by atoms with Gasteiger partial charge in [0.05, 0.1) is 7.11 Å². The van der Waals surface area contributed by atoms with Crippen LogP contribution >= 0.6 is 11.3 Å². The van der Waals surface area contributed by atoms with Crippen LogP contribution in [0.4, 0.5) is 0 Å². The van der Waals surface area contributed by atoms with Gasteiger partial charge in [-0.25, -0.2) is 0 Å². The number of methoxy groups -OCH3 is 1. The van der Waals surface area contributed by atoms with Gasteiger partial charge in [0, 0.05) is 21.8 Å². The average Bonchev–Trinajstić information content (AvgIpc) is 2.78. The molecule has 0 amide bonds. The number of hydrogen-bond acceptors (Lipinski definition) is 3. The summed E-state index contributed by atoms with van der Waals surface area (Å²) in [7, 11) is 1.69. The Morgan fingerprint density at radius 2 is 1.70 bits per heavy atom. The van der Waals surface area contributed by atoms with Crippen LogP contribution in [-0.4, -0.2) is 7.11 Å². The van der Waals surface area contributed by atoms with Crippen LogP contribution in [0, 0.1) is 13.8 Å². The molecular formula is C17H23NOS. The zero-order valence-corrected chi connectivity index (χ0v) is 13.7. The van der Waals surface area contributed by atoms with E-state index in [4.69, 9.17) is 4.74 Å². The minimum atomic E-state index is 0.315. The molecule has 1 unspecified atom stereocenters. The Bertz CT molecular complexity index is 559. The Kier molecular flexibility index (Phi) is 4.84. The molecule has 1 heterocycles. The Morgan fingerprint density at radius 1 is 1.05 bits per heavy atom. The van der Waals surface area contributed by atoms with Crippen molar-refractivity contribution in [1.82, 2.24) is 5.32 Å². The zero-order valence-electron chi connectivity index (χ0n) is 12.9. The van der Waals surface area contributed by atoms with E-state index in [9.17, 15) is 0 Å². The van der Waals surface area contributed by atoms with Crippen molar-refractivity contribution >= 4 is 11.3 Å². The molecule has 0 saturated carbocycles. The molecule has 0 aliphatic rings. The quantitative estimate of drug-likeness (QED) is 0.855. The fourth-order valence-electron chi connectivity index (χ4n) is 2.53. The topological polar surface area (TPSA) is 21.3 Å². The van der Waals surface area contributed by atoms with Gasteiger partial charge in [-0.05, 0) is 57.0 Å². The number of nitrogens with one attached hydrogen (secondary N) is 1. The predicted octanol–water partition coefficient (Wildman–Crippen LogP) is 4.79. The number of rotatable bonds is 5. The van der Waals surface area contributed by atoms with E-state index in [1.807, 2.05) is 23.5 Å². The van der Waals surface area contributed by atoms with E-state index in [1.165, 1.54) is 20.9 Å². The summed E-state index contributed by atoms with van der Waals surface area (Å²) in [6.07, 6.45) is 0. The van der Waals surface area contributed by atoms with Crippen LogP contribution in [0.3, 0.4) is 0 Å². The predicted molar refractivity (Wildman–Crippen MR) is 86.8 cm³/mol. The summed E-state index contributed by atoms with van der Waals surface area (Å²) < 4.78 is 5.20. The number of ether oxygens (including phenoxy) is 1. The van der Waals surface area contributed by atoms with Crippen molar-refractivity contribution in [2.24, 2.45) is 0 Å². The van der Waals surface area contributed by atoms with Crippen molar-refractivity contribution in [2.75, 3.05) is 7.11 Å². The molecule has 0 saturated heterocycles. The molecule has 1 N–H and O–H groups in total. The minimum absolute atomic E-state index is 0.315. The lowest BCUT2D eigenvalue weighted by Gasteiger charge is -2.21. The van der Waals surface area contributed by atoms with Crippen LogP contribution in [0.1, 0.15) is 46.8 Å². The highest BCUT2D eigenvalue weighted by Gasteiger charge is 2.14. The first-order chi connectivity index (χ1) is 9.51. The van der Waals surface area contributed by atoms with Gasteiger partial charge >= 0.3 is 0 Å². The van der Waals surface area contributed by atoms with Crippen LogP contribution in [0.25, 0.3) is 0 Å². The van der Waals surface area contributed by atoms with Crippen molar-refractivity contribution in [3.05, 3.63) is 51.2 Å². The molecule has 1 aromatic carbocycles. The fraction of sp³-hybridized carbons (Fsp3) is 0.412. The van der Waals surface area contributed by atoms with Crippen molar-refractivity contribution in [3.8, 4) is 5.75 Å². The molecule has 2 nitrogen and oxygen atoms in total. The molecule has 0 bridgehead atoms. The van der Waals surface area contributed by atoms with Crippen molar-refractivity contribution < 1.29 is 4.74 Å². The molecule has 108 valence electrons. The molecule has 0 radical (unpaired) electrons. The van der Waals surface area contributed by atoms with Crippen LogP contribution in [0.5, 0.6) is 5.75 Å². The first-order valence-electron chi connectivity index (χ1n) is 6.98. The van der Waals surface area contributed by atoms with Crippen LogP contribution in [0.15, 0.2) is 30.3 Å². The summed E-state index contributed by atoms with van der Waals surface area (Å²) in [4.78, 5) is 2.78. The van der Waals surface area contributed by atoms with Crippen molar-refractivity contribution in [1.29, 1.82) is 0 Å². The van der Waals surface area contributed by atoms with E-state index in [2.05, 4.69) is 51.2 Å². The van der Waals surface area contributed by atoms with Crippen LogP contribution in [-0.2, 0) is 0 Å². The van der Waals surface area contributed by atoms with Crippen LogP contribution < -0.4 is 10.1 Å². The third-order valence-electron chi connectivity index (χ3n) is 3.66. The Balaban J connectivity index is 2.06. The molecule has 0 aliphatic heterocycles. The second kappa shape index (κ2) is 6.42. The molecule has 2 aromatic rings. The lowest BCUT2D eigenvalue weighted by Crippen LogP contribution is -2.22. The maximum atomic E-state index is 5.20. The summed E-state index contributed by atoms with van der Waals surface area (Å²) in [6.45, 7) is 8.80. The third-order valence-corrected chi connectivity index (χ3v) is 4.64. The lowest BCUT2D eigenvalue weighted by molar-refractivity contribution is 0.414. The summed E-state index contributed by atoms with van der Waals surface area (Å²) in [5.41, 5.74) is 2.69. The van der Waals surface area contributed by atoms with E-state index in [-0.39, 0.29) is 0 Å². The summed E-state index contributed by atoms with van der Waals surface area (Å²) in [5.74, 6) is 0.901. The number of hydrogen-bond donors (Lipinski definition) is 1. The molecule has 2 atom stereocenters. The summed E-state index contributed by atoms with van der Waals surface area (Å²) in [6, 6.07) is 11.2. The van der Waals surface area contributed by atoms with E-state index in [1.54, 1.807) is 7.11 Å². The Labute approximate surface area is 125 Å². The van der Waals surface area contributed by atoms with Gasteiger partial charge in [-0.15, -0.1) is 11.3 Å². The van der Waals surface area contributed by atoms with Gasteiger partial charge in [-0.1, -0.05) is 12.1 Å². The average molecular weight is 289 g/mol. The zero-order chi connectivity index (χ0) is 14.7. The summed E-state index contributed by atoms with van der Waals surface area (Å²) >= 11 is 1.87. The molecular weight excluding hydrogens is 266 g/mol. The van der Waals surface area contributed by atoms with Gasteiger partial charge in [0.15, 0.2) is 0 Å². The van der Waals surface area contributed by atoms with Crippen LogP contribution in [0.2, 0.25) is 0 Å². The molecule has 0 fully saturated rings. The molecule has 20 heavy (non-hydrogen) atoms. The second-order valence-corrected chi connectivity index (χ2v) is 6.71. The maximum Gasteiger partial charge on any atom is 0.118 e. The second-order valence-electron chi connectivity index (χ2n) is 5.25. The fourth-order valence-corrected chi connectivity index (χ4v) is 3.56. The Hall–Kier alpha value is -1.32. The first-order valence-corrected chi connectivity index (χ1v) is 7.80. The molecule has 2 rings (SSSR count). The highest BCUT2D eigenvalue weighted by Crippen LogP contribution is 2.28. The van der Waals surface area contributed by atoms with E-state index >= 15 is 0 Å². The normalized spacial score (nSPS) is 14.1. The van der Waals surface area contributed by atoms with Gasteiger partial charge in [0.25, 0.3) is 0 Å². The number of benzene rings is 1. The van der Waals surface area contributed by atoms with Gasteiger partial charge in [0.2, 0.25) is 0 Å². The maximum absolute atomic E-state index is 5.20. The van der Waals surface area contributed by atoms with Crippen molar-refractivity contribution in [3.63, 3.8) is 0 Å². The number of thiophene rings is 1. The molecule has 3 heteroatoms. The first kappa shape index (κ1) is 15.1. The Morgan fingerprint density at radius 3 is 2.20 bits per heavy atom. The highest BCUT2D eigenvalue weighted by atomic mass is 32.1. The van der Waals surface area contributed by atoms with Gasteiger partial charge in [-0.3, -0.25) is 0 Å².